The van der Waals surface area contributed by atoms with Crippen molar-refractivity contribution in [2.75, 3.05) is 10.6 Å². The smallest absolute Gasteiger partial charge is 0.229 e. The molecule has 6 heteroatoms. The van der Waals surface area contributed by atoms with Gasteiger partial charge in [-0.2, -0.15) is 4.98 Å². The molecule has 0 saturated carbocycles. The predicted molar refractivity (Wildman–Crippen MR) is 85.2 cm³/mol. The van der Waals surface area contributed by atoms with Gasteiger partial charge in [-0.3, -0.25) is 0 Å². The van der Waals surface area contributed by atoms with Gasteiger partial charge in [-0.25, -0.2) is 4.98 Å². The van der Waals surface area contributed by atoms with Crippen LogP contribution in [0.2, 0.25) is 10.0 Å². The molecular weight excluding hydrogens is 295 g/mol. The molecule has 20 heavy (non-hydrogen) atoms. The Morgan fingerprint density at radius 2 is 1.80 bits per heavy atom. The number of rotatable bonds is 3. The first-order valence-corrected chi connectivity index (χ1v) is 6.92. The van der Waals surface area contributed by atoms with Crippen molar-refractivity contribution in [1.82, 2.24) is 9.97 Å². The Bertz CT molecular complexity index is 608. The van der Waals surface area contributed by atoms with Crippen molar-refractivity contribution in [2.45, 2.75) is 26.3 Å². The van der Waals surface area contributed by atoms with Gasteiger partial charge in [-0.15, -0.1) is 0 Å². The largest absolute Gasteiger partial charge is 0.365 e. The summed E-state index contributed by atoms with van der Waals surface area (Å²) in [5.41, 5.74) is 0.724. The minimum Gasteiger partial charge on any atom is -0.365 e. The quantitative estimate of drug-likeness (QED) is 0.860. The maximum atomic E-state index is 5.97. The van der Waals surface area contributed by atoms with Crippen molar-refractivity contribution in [3.63, 3.8) is 0 Å². The van der Waals surface area contributed by atoms with Crippen LogP contribution in [-0.2, 0) is 0 Å². The van der Waals surface area contributed by atoms with E-state index in [0.29, 0.717) is 16.0 Å². The Hall–Kier alpha value is -1.52. The third-order valence-electron chi connectivity index (χ3n) is 2.33. The fraction of sp³-hybridized carbons (Fsp3) is 0.286. The summed E-state index contributed by atoms with van der Waals surface area (Å²) in [4.78, 5) is 8.57. The van der Waals surface area contributed by atoms with E-state index in [4.69, 9.17) is 23.2 Å². The van der Waals surface area contributed by atoms with E-state index < -0.39 is 0 Å². The lowest BCUT2D eigenvalue weighted by Crippen LogP contribution is -2.26. The van der Waals surface area contributed by atoms with Crippen LogP contribution >= 0.6 is 23.2 Å². The van der Waals surface area contributed by atoms with Crippen LogP contribution in [0, 0.1) is 0 Å². The summed E-state index contributed by atoms with van der Waals surface area (Å²) in [6.07, 6.45) is 1.70. The van der Waals surface area contributed by atoms with E-state index >= 15 is 0 Å². The topological polar surface area (TPSA) is 49.8 Å². The Balaban J connectivity index is 2.17. The van der Waals surface area contributed by atoms with Crippen LogP contribution in [0.25, 0.3) is 0 Å². The van der Waals surface area contributed by atoms with Crippen LogP contribution in [0.5, 0.6) is 0 Å². The van der Waals surface area contributed by atoms with Gasteiger partial charge in [0.2, 0.25) is 5.95 Å². The monoisotopic (exact) mass is 310 g/mol. The standard InChI is InChI=1S/C14H16Cl2N4/c1-14(2,3)20-12-6-7-17-13(19-12)18-9-4-5-10(15)11(16)8-9/h4-8H,1-3H3,(H2,17,18,19,20). The summed E-state index contributed by atoms with van der Waals surface area (Å²) in [5, 5.41) is 7.38. The average molecular weight is 311 g/mol. The van der Waals surface area contributed by atoms with Gasteiger partial charge in [-0.1, -0.05) is 23.2 Å². The lowest BCUT2D eigenvalue weighted by atomic mass is 10.1. The molecule has 0 bridgehead atoms. The number of nitrogens with zero attached hydrogens (tertiary/aromatic N) is 2. The highest BCUT2D eigenvalue weighted by atomic mass is 35.5. The lowest BCUT2D eigenvalue weighted by molar-refractivity contribution is 0.630. The van der Waals surface area contributed by atoms with E-state index in [-0.39, 0.29) is 5.54 Å². The van der Waals surface area contributed by atoms with Crippen LogP contribution in [0.15, 0.2) is 30.5 Å². The molecule has 1 aromatic heterocycles. The molecule has 0 atom stereocenters. The molecule has 0 aliphatic heterocycles. The fourth-order valence-electron chi connectivity index (χ4n) is 1.58. The molecule has 2 aromatic rings. The minimum atomic E-state index is -0.0603. The molecule has 0 amide bonds. The molecule has 0 aliphatic rings. The Morgan fingerprint density at radius 3 is 2.45 bits per heavy atom. The van der Waals surface area contributed by atoms with E-state index in [1.54, 1.807) is 18.3 Å². The molecule has 0 radical (unpaired) electrons. The molecule has 0 spiro atoms. The zero-order valence-corrected chi connectivity index (χ0v) is 13.0. The number of halogens is 2. The zero-order chi connectivity index (χ0) is 14.8. The van der Waals surface area contributed by atoms with Crippen LogP contribution in [0.1, 0.15) is 20.8 Å². The number of aromatic nitrogens is 2. The van der Waals surface area contributed by atoms with Gasteiger partial charge in [0.05, 0.1) is 10.0 Å². The molecule has 0 aliphatic carbocycles. The number of anilines is 3. The van der Waals surface area contributed by atoms with Crippen LogP contribution in [0.3, 0.4) is 0 Å². The number of benzene rings is 1. The molecular formula is C14H16Cl2N4. The molecule has 2 rings (SSSR count). The van der Waals surface area contributed by atoms with E-state index in [1.165, 1.54) is 0 Å². The van der Waals surface area contributed by atoms with Crippen LogP contribution in [0.4, 0.5) is 17.5 Å². The molecule has 4 nitrogen and oxygen atoms in total. The second-order valence-corrected chi connectivity index (χ2v) is 6.21. The van der Waals surface area contributed by atoms with E-state index in [0.717, 1.165) is 11.5 Å². The molecule has 0 unspecified atom stereocenters. The van der Waals surface area contributed by atoms with Crippen molar-refractivity contribution in [3.8, 4) is 0 Å². The van der Waals surface area contributed by atoms with Gasteiger partial charge in [0.25, 0.3) is 0 Å². The summed E-state index contributed by atoms with van der Waals surface area (Å²) in [6, 6.07) is 7.10. The molecule has 1 heterocycles. The number of hydrogen-bond acceptors (Lipinski definition) is 4. The Labute approximate surface area is 128 Å². The highest BCUT2D eigenvalue weighted by molar-refractivity contribution is 6.42. The predicted octanol–water partition coefficient (Wildman–Crippen LogP) is 4.74. The van der Waals surface area contributed by atoms with Crippen LogP contribution < -0.4 is 10.6 Å². The first kappa shape index (κ1) is 14.9. The summed E-state index contributed by atoms with van der Waals surface area (Å²) in [7, 11) is 0. The van der Waals surface area contributed by atoms with Crippen molar-refractivity contribution in [1.29, 1.82) is 0 Å². The first-order chi connectivity index (χ1) is 9.33. The molecule has 0 fully saturated rings. The van der Waals surface area contributed by atoms with Crippen molar-refractivity contribution in [2.24, 2.45) is 0 Å². The number of nitrogens with one attached hydrogen (secondary N) is 2. The second-order valence-electron chi connectivity index (χ2n) is 5.39. The second kappa shape index (κ2) is 5.85. The maximum Gasteiger partial charge on any atom is 0.229 e. The molecule has 106 valence electrons. The third kappa shape index (κ3) is 4.25. The Morgan fingerprint density at radius 1 is 1.05 bits per heavy atom. The average Bonchev–Trinajstić information content (AvgIpc) is 2.32. The first-order valence-electron chi connectivity index (χ1n) is 6.17. The summed E-state index contributed by atoms with van der Waals surface area (Å²) >= 11 is 11.9. The van der Waals surface area contributed by atoms with Crippen LogP contribution in [-0.4, -0.2) is 15.5 Å². The maximum absolute atomic E-state index is 5.97. The van der Waals surface area contributed by atoms with Crippen molar-refractivity contribution >= 4 is 40.7 Å². The van der Waals surface area contributed by atoms with Crippen molar-refractivity contribution in [3.05, 3.63) is 40.5 Å². The van der Waals surface area contributed by atoms with Gasteiger partial charge in [0.1, 0.15) is 5.82 Å². The summed E-state index contributed by atoms with van der Waals surface area (Å²) in [6.45, 7) is 6.21. The third-order valence-corrected chi connectivity index (χ3v) is 3.07. The summed E-state index contributed by atoms with van der Waals surface area (Å²) < 4.78 is 0. The minimum absolute atomic E-state index is 0.0603. The lowest BCUT2D eigenvalue weighted by Gasteiger charge is -2.21. The van der Waals surface area contributed by atoms with Gasteiger partial charge >= 0.3 is 0 Å². The SMILES string of the molecule is CC(C)(C)Nc1ccnc(Nc2ccc(Cl)c(Cl)c2)n1. The summed E-state index contributed by atoms with van der Waals surface area (Å²) in [5.74, 6) is 1.26. The zero-order valence-electron chi connectivity index (χ0n) is 11.5. The normalized spacial score (nSPS) is 11.2. The van der Waals surface area contributed by atoms with Crippen molar-refractivity contribution < 1.29 is 0 Å². The van der Waals surface area contributed by atoms with E-state index in [2.05, 4.69) is 41.4 Å². The molecule has 1 aromatic carbocycles. The van der Waals surface area contributed by atoms with Gasteiger partial charge in [0.15, 0.2) is 0 Å². The Kier molecular flexibility index (Phi) is 4.35. The van der Waals surface area contributed by atoms with E-state index in [9.17, 15) is 0 Å². The highest BCUT2D eigenvalue weighted by Crippen LogP contribution is 2.26. The van der Waals surface area contributed by atoms with Gasteiger partial charge in [0, 0.05) is 17.4 Å². The highest BCUT2D eigenvalue weighted by Gasteiger charge is 2.10. The fourth-order valence-corrected chi connectivity index (χ4v) is 1.87. The molecule has 0 saturated heterocycles. The van der Waals surface area contributed by atoms with E-state index in [1.807, 2.05) is 12.1 Å². The van der Waals surface area contributed by atoms with Gasteiger partial charge < -0.3 is 10.6 Å². The number of hydrogen-bond donors (Lipinski definition) is 2. The van der Waals surface area contributed by atoms with Gasteiger partial charge in [-0.05, 0) is 45.0 Å². The molecule has 2 N–H and O–H groups in total.